The second-order valence-electron chi connectivity index (χ2n) is 9.02. The highest BCUT2D eigenvalue weighted by Crippen LogP contribution is 2.21. The molecular formula is C33H33FO. The van der Waals surface area contributed by atoms with E-state index in [0.29, 0.717) is 23.8 Å². The van der Waals surface area contributed by atoms with Crippen LogP contribution in [-0.2, 0) is 19.3 Å². The molecule has 0 aliphatic rings. The maximum absolute atomic E-state index is 14.2. The summed E-state index contributed by atoms with van der Waals surface area (Å²) in [4.78, 5) is 0. The molecule has 4 aromatic carbocycles. The highest BCUT2D eigenvalue weighted by atomic mass is 19.1. The Kier molecular flexibility index (Phi) is 8.51. The minimum Gasteiger partial charge on any atom is -0.494 e. The Labute approximate surface area is 208 Å². The van der Waals surface area contributed by atoms with E-state index in [-0.39, 0.29) is 5.82 Å². The molecule has 0 aromatic heterocycles. The van der Waals surface area contributed by atoms with Gasteiger partial charge in [0, 0.05) is 11.6 Å². The molecule has 4 aromatic rings. The normalized spacial score (nSPS) is 12.1. The SMILES string of the molecule is CCOc1ccc(C=Cc2ccc(CCc3ccc(C[C@@H](C)c4ccccc4)cc3)cc2)c(F)c1. The third-order valence-corrected chi connectivity index (χ3v) is 6.35. The first-order valence-electron chi connectivity index (χ1n) is 12.4. The molecule has 0 N–H and O–H groups in total. The van der Waals surface area contributed by atoms with Gasteiger partial charge in [-0.25, -0.2) is 4.39 Å². The number of hydrogen-bond acceptors (Lipinski definition) is 1. The summed E-state index contributed by atoms with van der Waals surface area (Å²) in [5, 5.41) is 0. The van der Waals surface area contributed by atoms with Gasteiger partial charge in [-0.1, -0.05) is 97.9 Å². The Hall–Kier alpha value is -3.65. The summed E-state index contributed by atoms with van der Waals surface area (Å²) in [5.74, 6) is 0.799. The fourth-order valence-electron chi connectivity index (χ4n) is 4.26. The fourth-order valence-corrected chi connectivity index (χ4v) is 4.26. The molecule has 178 valence electrons. The average Bonchev–Trinajstić information content (AvgIpc) is 2.89. The number of ether oxygens (including phenoxy) is 1. The van der Waals surface area contributed by atoms with Gasteiger partial charge in [0.25, 0.3) is 0 Å². The Bertz CT molecular complexity index is 1220. The maximum atomic E-state index is 14.2. The van der Waals surface area contributed by atoms with Crippen molar-refractivity contribution < 1.29 is 9.13 Å². The molecule has 2 heteroatoms. The monoisotopic (exact) mass is 464 g/mol. The van der Waals surface area contributed by atoms with Gasteiger partial charge in [-0.3, -0.25) is 0 Å². The summed E-state index contributed by atoms with van der Waals surface area (Å²) in [5.41, 5.74) is 7.04. The number of benzene rings is 4. The summed E-state index contributed by atoms with van der Waals surface area (Å²) in [6.07, 6.45) is 6.82. The van der Waals surface area contributed by atoms with Gasteiger partial charge in [0.2, 0.25) is 0 Å². The summed E-state index contributed by atoms with van der Waals surface area (Å²) in [6, 6.07) is 33.2. The first-order chi connectivity index (χ1) is 17.1. The van der Waals surface area contributed by atoms with Gasteiger partial charge >= 0.3 is 0 Å². The lowest BCUT2D eigenvalue weighted by Gasteiger charge is -2.12. The number of halogens is 1. The average molecular weight is 465 g/mol. The Balaban J connectivity index is 1.28. The van der Waals surface area contributed by atoms with Gasteiger partial charge in [-0.05, 0) is 72.1 Å². The van der Waals surface area contributed by atoms with Crippen molar-refractivity contribution in [3.05, 3.63) is 136 Å². The van der Waals surface area contributed by atoms with Crippen molar-refractivity contribution in [3.8, 4) is 5.75 Å². The third kappa shape index (κ3) is 7.16. The highest BCUT2D eigenvalue weighted by Gasteiger charge is 2.06. The Morgan fingerprint density at radius 1 is 0.743 bits per heavy atom. The zero-order valence-electron chi connectivity index (χ0n) is 20.6. The molecule has 0 amide bonds. The van der Waals surface area contributed by atoms with Crippen LogP contribution in [0.1, 0.15) is 53.1 Å². The lowest BCUT2D eigenvalue weighted by Crippen LogP contribution is -1.99. The molecule has 0 spiro atoms. The molecule has 0 aliphatic heterocycles. The zero-order chi connectivity index (χ0) is 24.5. The molecule has 0 unspecified atom stereocenters. The summed E-state index contributed by atoms with van der Waals surface area (Å²) >= 11 is 0. The van der Waals surface area contributed by atoms with Gasteiger partial charge in [-0.15, -0.1) is 0 Å². The molecule has 0 radical (unpaired) electrons. The second kappa shape index (κ2) is 12.2. The van der Waals surface area contributed by atoms with Crippen molar-refractivity contribution in [1.82, 2.24) is 0 Å². The van der Waals surface area contributed by atoms with Crippen molar-refractivity contribution in [3.63, 3.8) is 0 Å². The quantitative estimate of drug-likeness (QED) is 0.214. The predicted molar refractivity (Wildman–Crippen MR) is 145 cm³/mol. The molecule has 0 aliphatic carbocycles. The predicted octanol–water partition coefficient (Wildman–Crippen LogP) is 8.53. The minimum atomic E-state index is -0.274. The van der Waals surface area contributed by atoms with Crippen molar-refractivity contribution >= 4 is 12.2 Å². The zero-order valence-corrected chi connectivity index (χ0v) is 20.6. The van der Waals surface area contributed by atoms with Crippen LogP contribution in [0, 0.1) is 5.82 Å². The van der Waals surface area contributed by atoms with Crippen LogP contribution in [0.15, 0.2) is 97.1 Å². The molecule has 0 bridgehead atoms. The van der Waals surface area contributed by atoms with Gasteiger partial charge in [0.05, 0.1) is 6.61 Å². The molecule has 1 nitrogen and oxygen atoms in total. The maximum Gasteiger partial charge on any atom is 0.134 e. The van der Waals surface area contributed by atoms with Gasteiger partial charge in [0.15, 0.2) is 0 Å². The molecule has 0 saturated heterocycles. The molecule has 0 heterocycles. The highest BCUT2D eigenvalue weighted by molar-refractivity contribution is 5.70. The van der Waals surface area contributed by atoms with Crippen LogP contribution in [0.5, 0.6) is 5.75 Å². The van der Waals surface area contributed by atoms with E-state index >= 15 is 0 Å². The summed E-state index contributed by atoms with van der Waals surface area (Å²) in [6.45, 7) is 4.71. The van der Waals surface area contributed by atoms with Crippen molar-refractivity contribution in [2.24, 2.45) is 0 Å². The molecule has 1 atom stereocenters. The van der Waals surface area contributed by atoms with E-state index in [2.05, 4.69) is 85.8 Å². The lowest BCUT2D eigenvalue weighted by atomic mass is 9.93. The number of rotatable bonds is 10. The van der Waals surface area contributed by atoms with E-state index in [4.69, 9.17) is 4.74 Å². The number of aryl methyl sites for hydroxylation is 2. The molecule has 0 fully saturated rings. The van der Waals surface area contributed by atoms with E-state index in [1.165, 1.54) is 28.3 Å². The van der Waals surface area contributed by atoms with Crippen molar-refractivity contribution in [2.75, 3.05) is 6.61 Å². The summed E-state index contributed by atoms with van der Waals surface area (Å²) in [7, 11) is 0. The lowest BCUT2D eigenvalue weighted by molar-refractivity contribution is 0.338. The van der Waals surface area contributed by atoms with Crippen molar-refractivity contribution in [2.45, 2.75) is 39.0 Å². The van der Waals surface area contributed by atoms with Gasteiger partial charge in [0.1, 0.15) is 11.6 Å². The first-order valence-corrected chi connectivity index (χ1v) is 12.4. The fraction of sp³-hybridized carbons (Fsp3) is 0.212. The number of hydrogen-bond donors (Lipinski definition) is 0. The first kappa shape index (κ1) is 24.5. The molecule has 0 saturated carbocycles. The smallest absolute Gasteiger partial charge is 0.134 e. The topological polar surface area (TPSA) is 9.23 Å². The third-order valence-electron chi connectivity index (χ3n) is 6.35. The van der Waals surface area contributed by atoms with E-state index in [1.807, 2.05) is 13.0 Å². The van der Waals surface area contributed by atoms with Gasteiger partial charge < -0.3 is 4.74 Å². The van der Waals surface area contributed by atoms with Crippen LogP contribution in [-0.4, -0.2) is 6.61 Å². The van der Waals surface area contributed by atoms with E-state index in [1.54, 1.807) is 18.2 Å². The van der Waals surface area contributed by atoms with E-state index in [0.717, 1.165) is 24.8 Å². The Morgan fingerprint density at radius 3 is 2.00 bits per heavy atom. The van der Waals surface area contributed by atoms with Crippen LogP contribution < -0.4 is 4.74 Å². The Morgan fingerprint density at radius 2 is 1.37 bits per heavy atom. The van der Waals surface area contributed by atoms with Crippen LogP contribution in [0.25, 0.3) is 12.2 Å². The van der Waals surface area contributed by atoms with Gasteiger partial charge in [-0.2, -0.15) is 0 Å². The minimum absolute atomic E-state index is 0.274. The summed E-state index contributed by atoms with van der Waals surface area (Å²) < 4.78 is 19.6. The van der Waals surface area contributed by atoms with E-state index < -0.39 is 0 Å². The molecule has 35 heavy (non-hydrogen) atoms. The molecular weight excluding hydrogens is 431 g/mol. The largest absolute Gasteiger partial charge is 0.494 e. The second-order valence-corrected chi connectivity index (χ2v) is 9.02. The van der Waals surface area contributed by atoms with Crippen molar-refractivity contribution in [1.29, 1.82) is 0 Å². The standard InChI is InChI=1S/C33H33FO/c1-3-35-32-22-21-31(33(34)24-32)20-19-28-13-11-26(12-14-28)9-10-27-15-17-29(18-16-27)23-25(2)30-7-5-4-6-8-30/h4-8,11-22,24-25H,3,9-10,23H2,1-2H3/t25-/m1/s1. The molecule has 4 rings (SSSR count). The van der Waals surface area contributed by atoms with E-state index in [9.17, 15) is 4.39 Å². The van der Waals surface area contributed by atoms with Crippen LogP contribution in [0.4, 0.5) is 4.39 Å². The van der Waals surface area contributed by atoms with Crippen LogP contribution >= 0.6 is 0 Å². The van der Waals surface area contributed by atoms with Crippen LogP contribution in [0.2, 0.25) is 0 Å². The van der Waals surface area contributed by atoms with Crippen LogP contribution in [0.3, 0.4) is 0 Å².